The van der Waals surface area contributed by atoms with E-state index in [9.17, 15) is 0 Å². The van der Waals surface area contributed by atoms with Crippen molar-refractivity contribution in [2.24, 2.45) is 0 Å². The van der Waals surface area contributed by atoms with E-state index in [4.69, 9.17) is 23.2 Å². The zero-order chi connectivity index (χ0) is 14.5. The van der Waals surface area contributed by atoms with Crippen molar-refractivity contribution < 1.29 is 0 Å². The standard InChI is InChI=1S/C14H16Cl2N4/c1-3-17-14-18-8-12(16)13(20-14)19-9(2)10-6-4-5-7-11(10)15/h4-9H,3H2,1-2H3,(H2,17,18,19,20). The lowest BCUT2D eigenvalue weighted by Crippen LogP contribution is -2.11. The molecule has 1 unspecified atom stereocenters. The van der Waals surface area contributed by atoms with Gasteiger partial charge in [0.1, 0.15) is 5.02 Å². The van der Waals surface area contributed by atoms with E-state index >= 15 is 0 Å². The molecule has 106 valence electrons. The van der Waals surface area contributed by atoms with E-state index < -0.39 is 0 Å². The highest BCUT2D eigenvalue weighted by Gasteiger charge is 2.12. The molecule has 2 N–H and O–H groups in total. The molecule has 6 heteroatoms. The van der Waals surface area contributed by atoms with E-state index in [2.05, 4.69) is 20.6 Å². The summed E-state index contributed by atoms with van der Waals surface area (Å²) < 4.78 is 0. The quantitative estimate of drug-likeness (QED) is 0.860. The Morgan fingerprint density at radius 3 is 2.65 bits per heavy atom. The molecule has 0 radical (unpaired) electrons. The highest BCUT2D eigenvalue weighted by molar-refractivity contribution is 6.33. The van der Waals surface area contributed by atoms with Gasteiger partial charge in [0.2, 0.25) is 5.95 Å². The summed E-state index contributed by atoms with van der Waals surface area (Å²) >= 11 is 12.3. The van der Waals surface area contributed by atoms with Crippen molar-refractivity contribution in [3.8, 4) is 0 Å². The molecular formula is C14H16Cl2N4. The van der Waals surface area contributed by atoms with Crippen molar-refractivity contribution >= 4 is 35.0 Å². The van der Waals surface area contributed by atoms with Crippen LogP contribution in [0.5, 0.6) is 0 Å². The molecule has 1 aromatic heterocycles. The Morgan fingerprint density at radius 1 is 1.20 bits per heavy atom. The molecule has 0 aliphatic carbocycles. The van der Waals surface area contributed by atoms with Gasteiger partial charge in [0, 0.05) is 11.6 Å². The summed E-state index contributed by atoms with van der Waals surface area (Å²) in [6, 6.07) is 7.68. The molecule has 1 heterocycles. The van der Waals surface area contributed by atoms with Gasteiger partial charge in [-0.05, 0) is 25.5 Å². The van der Waals surface area contributed by atoms with Crippen molar-refractivity contribution in [1.82, 2.24) is 9.97 Å². The molecule has 4 nitrogen and oxygen atoms in total. The van der Waals surface area contributed by atoms with Gasteiger partial charge in [-0.1, -0.05) is 41.4 Å². The number of nitrogens with one attached hydrogen (secondary N) is 2. The minimum Gasteiger partial charge on any atom is -0.362 e. The summed E-state index contributed by atoms with van der Waals surface area (Å²) in [4.78, 5) is 8.45. The number of hydrogen-bond acceptors (Lipinski definition) is 4. The molecule has 0 bridgehead atoms. The maximum absolute atomic E-state index is 6.19. The van der Waals surface area contributed by atoms with Crippen LogP contribution in [0.3, 0.4) is 0 Å². The highest BCUT2D eigenvalue weighted by Crippen LogP contribution is 2.28. The van der Waals surface area contributed by atoms with Crippen molar-refractivity contribution in [2.45, 2.75) is 19.9 Å². The largest absolute Gasteiger partial charge is 0.362 e. The van der Waals surface area contributed by atoms with Gasteiger partial charge in [-0.25, -0.2) is 4.98 Å². The molecule has 0 amide bonds. The third-order valence-electron chi connectivity index (χ3n) is 2.80. The molecule has 0 aliphatic rings. The number of halogens is 2. The fourth-order valence-corrected chi connectivity index (χ4v) is 2.27. The first-order valence-corrected chi connectivity index (χ1v) is 7.14. The van der Waals surface area contributed by atoms with E-state index in [0.29, 0.717) is 21.8 Å². The number of aromatic nitrogens is 2. The zero-order valence-corrected chi connectivity index (χ0v) is 12.8. The average Bonchev–Trinajstić information content (AvgIpc) is 2.43. The van der Waals surface area contributed by atoms with Crippen LogP contribution in [0.25, 0.3) is 0 Å². The van der Waals surface area contributed by atoms with Crippen molar-refractivity contribution in [1.29, 1.82) is 0 Å². The summed E-state index contributed by atoms with van der Waals surface area (Å²) in [6.07, 6.45) is 1.58. The molecular weight excluding hydrogens is 295 g/mol. The molecule has 0 saturated carbocycles. The number of anilines is 2. The van der Waals surface area contributed by atoms with Gasteiger partial charge in [0.15, 0.2) is 5.82 Å². The summed E-state index contributed by atoms with van der Waals surface area (Å²) in [7, 11) is 0. The van der Waals surface area contributed by atoms with Crippen LogP contribution < -0.4 is 10.6 Å². The van der Waals surface area contributed by atoms with E-state index in [1.165, 1.54) is 0 Å². The molecule has 0 spiro atoms. The zero-order valence-electron chi connectivity index (χ0n) is 11.3. The SMILES string of the molecule is CCNc1ncc(Cl)c(NC(C)c2ccccc2Cl)n1. The number of nitrogens with zero attached hydrogens (tertiary/aromatic N) is 2. The molecule has 0 fully saturated rings. The van der Waals surface area contributed by atoms with Crippen molar-refractivity contribution in [3.05, 3.63) is 46.1 Å². The lowest BCUT2D eigenvalue weighted by molar-refractivity contribution is 0.872. The van der Waals surface area contributed by atoms with Crippen LogP contribution in [0.15, 0.2) is 30.5 Å². The number of rotatable bonds is 5. The van der Waals surface area contributed by atoms with Crippen LogP contribution in [0.2, 0.25) is 10.0 Å². The van der Waals surface area contributed by atoms with Gasteiger partial charge >= 0.3 is 0 Å². The summed E-state index contributed by atoms with van der Waals surface area (Å²) in [5.74, 6) is 1.13. The lowest BCUT2D eigenvalue weighted by atomic mass is 10.1. The van der Waals surface area contributed by atoms with Crippen LogP contribution in [-0.2, 0) is 0 Å². The fourth-order valence-electron chi connectivity index (χ4n) is 1.82. The Kier molecular flexibility index (Phi) is 5.04. The Balaban J connectivity index is 2.21. The minimum atomic E-state index is -0.00873. The Labute approximate surface area is 128 Å². The maximum atomic E-state index is 6.19. The minimum absolute atomic E-state index is 0.00873. The van der Waals surface area contributed by atoms with Gasteiger partial charge in [0.25, 0.3) is 0 Å². The summed E-state index contributed by atoms with van der Waals surface area (Å²) in [6.45, 7) is 4.74. The highest BCUT2D eigenvalue weighted by atomic mass is 35.5. The Hall–Kier alpha value is -1.52. The second kappa shape index (κ2) is 6.77. The van der Waals surface area contributed by atoms with E-state index in [1.54, 1.807) is 6.20 Å². The Morgan fingerprint density at radius 2 is 1.95 bits per heavy atom. The predicted molar refractivity (Wildman–Crippen MR) is 84.7 cm³/mol. The van der Waals surface area contributed by atoms with Crippen LogP contribution in [-0.4, -0.2) is 16.5 Å². The monoisotopic (exact) mass is 310 g/mol. The van der Waals surface area contributed by atoms with Crippen molar-refractivity contribution in [3.63, 3.8) is 0 Å². The van der Waals surface area contributed by atoms with Gasteiger partial charge in [-0.3, -0.25) is 0 Å². The first-order chi connectivity index (χ1) is 9.61. The van der Waals surface area contributed by atoms with Crippen LogP contribution in [0, 0.1) is 0 Å². The molecule has 0 aliphatic heterocycles. The molecule has 1 aromatic carbocycles. The lowest BCUT2D eigenvalue weighted by Gasteiger charge is -2.17. The molecule has 2 rings (SSSR count). The summed E-state index contributed by atoms with van der Waals surface area (Å²) in [5, 5.41) is 7.50. The average molecular weight is 311 g/mol. The van der Waals surface area contributed by atoms with E-state index in [-0.39, 0.29) is 6.04 Å². The normalized spacial score (nSPS) is 12.0. The smallest absolute Gasteiger partial charge is 0.224 e. The molecule has 0 saturated heterocycles. The Bertz CT molecular complexity index is 589. The van der Waals surface area contributed by atoms with Crippen LogP contribution in [0.4, 0.5) is 11.8 Å². The van der Waals surface area contributed by atoms with Crippen LogP contribution >= 0.6 is 23.2 Å². The summed E-state index contributed by atoms with van der Waals surface area (Å²) in [5.41, 5.74) is 0.994. The first-order valence-electron chi connectivity index (χ1n) is 6.39. The van der Waals surface area contributed by atoms with Crippen LogP contribution in [0.1, 0.15) is 25.5 Å². The third-order valence-corrected chi connectivity index (χ3v) is 3.42. The molecule has 20 heavy (non-hydrogen) atoms. The second-order valence-electron chi connectivity index (χ2n) is 4.31. The van der Waals surface area contributed by atoms with E-state index in [0.717, 1.165) is 12.1 Å². The topological polar surface area (TPSA) is 49.8 Å². The third kappa shape index (κ3) is 3.52. The number of hydrogen-bond donors (Lipinski definition) is 2. The fraction of sp³-hybridized carbons (Fsp3) is 0.286. The van der Waals surface area contributed by atoms with Gasteiger partial charge in [-0.15, -0.1) is 0 Å². The maximum Gasteiger partial charge on any atom is 0.224 e. The van der Waals surface area contributed by atoms with Crippen molar-refractivity contribution in [2.75, 3.05) is 17.2 Å². The van der Waals surface area contributed by atoms with E-state index in [1.807, 2.05) is 38.1 Å². The second-order valence-corrected chi connectivity index (χ2v) is 5.12. The number of benzene rings is 1. The van der Waals surface area contributed by atoms with Gasteiger partial charge < -0.3 is 10.6 Å². The molecule has 2 aromatic rings. The first kappa shape index (κ1) is 14.9. The van der Waals surface area contributed by atoms with Gasteiger partial charge in [0.05, 0.1) is 12.2 Å². The predicted octanol–water partition coefficient (Wildman–Crippen LogP) is 4.39. The van der Waals surface area contributed by atoms with Gasteiger partial charge in [-0.2, -0.15) is 4.98 Å². The molecule has 1 atom stereocenters.